The van der Waals surface area contributed by atoms with Crippen LogP contribution in [0, 0.1) is 0 Å². The Balaban J connectivity index is 1.17. The SMILES string of the molecule is O=C(Cc1ccc2c(c1)CCCO2)Nc1ccccc1OCCn1ccc(-c2ccccc2)n1. The maximum atomic E-state index is 12.7. The van der Waals surface area contributed by atoms with E-state index in [4.69, 9.17) is 9.47 Å². The summed E-state index contributed by atoms with van der Waals surface area (Å²) in [6.07, 6.45) is 4.25. The number of amides is 1. The molecule has 5 rings (SSSR count). The highest BCUT2D eigenvalue weighted by Crippen LogP contribution is 2.27. The predicted octanol–water partition coefficient (Wildman–Crippen LogP) is 5.14. The van der Waals surface area contributed by atoms with Crippen LogP contribution in [0.25, 0.3) is 11.3 Å². The molecule has 0 unspecified atom stereocenters. The van der Waals surface area contributed by atoms with E-state index >= 15 is 0 Å². The molecule has 0 saturated heterocycles. The highest BCUT2D eigenvalue weighted by atomic mass is 16.5. The van der Waals surface area contributed by atoms with Crippen LogP contribution in [0.5, 0.6) is 11.5 Å². The van der Waals surface area contributed by atoms with Crippen LogP contribution in [0.2, 0.25) is 0 Å². The summed E-state index contributed by atoms with van der Waals surface area (Å²) in [6, 6.07) is 25.6. The van der Waals surface area contributed by atoms with Crippen molar-refractivity contribution in [2.45, 2.75) is 25.8 Å². The number of carbonyl (C=O) groups is 1. The lowest BCUT2D eigenvalue weighted by Crippen LogP contribution is -2.16. The first-order valence-corrected chi connectivity index (χ1v) is 11.6. The van der Waals surface area contributed by atoms with Gasteiger partial charge in [0.1, 0.15) is 18.1 Å². The number of para-hydroxylation sites is 2. The maximum absolute atomic E-state index is 12.7. The van der Waals surface area contributed by atoms with Crippen LogP contribution < -0.4 is 14.8 Å². The lowest BCUT2D eigenvalue weighted by atomic mass is 10.0. The summed E-state index contributed by atoms with van der Waals surface area (Å²) >= 11 is 0. The number of hydrogen-bond donors (Lipinski definition) is 1. The fraction of sp³-hybridized carbons (Fsp3) is 0.214. The van der Waals surface area contributed by atoms with Gasteiger partial charge >= 0.3 is 0 Å². The van der Waals surface area contributed by atoms with E-state index in [0.29, 0.717) is 31.0 Å². The average Bonchev–Trinajstić information content (AvgIpc) is 3.34. The molecule has 0 bridgehead atoms. The summed E-state index contributed by atoms with van der Waals surface area (Å²) < 4.78 is 13.5. The number of aromatic nitrogens is 2. The monoisotopic (exact) mass is 453 g/mol. The Bertz CT molecular complexity index is 1270. The second-order valence-electron chi connectivity index (χ2n) is 8.29. The molecule has 0 spiro atoms. The van der Waals surface area contributed by atoms with Gasteiger partial charge in [0.2, 0.25) is 5.91 Å². The van der Waals surface area contributed by atoms with Crippen LogP contribution in [0.15, 0.2) is 85.1 Å². The molecule has 0 saturated carbocycles. The number of anilines is 1. The largest absolute Gasteiger partial charge is 0.493 e. The summed E-state index contributed by atoms with van der Waals surface area (Å²) in [6.45, 7) is 1.80. The molecule has 1 N–H and O–H groups in total. The molecule has 1 amide bonds. The number of ether oxygens (including phenoxy) is 2. The number of aryl methyl sites for hydroxylation is 1. The Hall–Kier alpha value is -4.06. The summed E-state index contributed by atoms with van der Waals surface area (Å²) in [7, 11) is 0. The number of carbonyl (C=O) groups excluding carboxylic acids is 1. The zero-order valence-electron chi connectivity index (χ0n) is 18.9. The highest BCUT2D eigenvalue weighted by Gasteiger charge is 2.13. The third kappa shape index (κ3) is 5.29. The van der Waals surface area contributed by atoms with Crippen LogP contribution in [-0.4, -0.2) is 28.9 Å². The Morgan fingerprint density at radius 3 is 2.79 bits per heavy atom. The zero-order valence-corrected chi connectivity index (χ0v) is 18.9. The van der Waals surface area contributed by atoms with E-state index in [-0.39, 0.29) is 5.91 Å². The number of nitrogens with zero attached hydrogens (tertiary/aromatic N) is 2. The number of rotatable bonds is 8. The summed E-state index contributed by atoms with van der Waals surface area (Å²) in [5, 5.41) is 7.61. The second-order valence-corrected chi connectivity index (χ2v) is 8.29. The van der Waals surface area contributed by atoms with Gasteiger partial charge in [-0.1, -0.05) is 54.6 Å². The van der Waals surface area contributed by atoms with Gasteiger partial charge in [0.05, 0.1) is 31.0 Å². The van der Waals surface area contributed by atoms with E-state index in [2.05, 4.69) is 16.5 Å². The molecule has 0 atom stereocenters. The molecule has 1 aromatic heterocycles. The molecule has 172 valence electrons. The van der Waals surface area contributed by atoms with Crippen molar-refractivity contribution in [3.63, 3.8) is 0 Å². The summed E-state index contributed by atoms with van der Waals surface area (Å²) in [5.74, 6) is 1.50. The first kappa shape index (κ1) is 21.8. The summed E-state index contributed by atoms with van der Waals surface area (Å²) in [4.78, 5) is 12.7. The average molecular weight is 454 g/mol. The molecule has 6 nitrogen and oxygen atoms in total. The van der Waals surface area contributed by atoms with E-state index in [9.17, 15) is 4.79 Å². The van der Waals surface area contributed by atoms with Crippen molar-refractivity contribution in [1.82, 2.24) is 9.78 Å². The van der Waals surface area contributed by atoms with Gasteiger partial charge in [0, 0.05) is 11.8 Å². The zero-order chi connectivity index (χ0) is 23.2. The van der Waals surface area contributed by atoms with Gasteiger partial charge in [0.15, 0.2) is 0 Å². The quantitative estimate of drug-likeness (QED) is 0.401. The van der Waals surface area contributed by atoms with Crippen LogP contribution in [0.3, 0.4) is 0 Å². The Labute approximate surface area is 199 Å². The van der Waals surface area contributed by atoms with Crippen LogP contribution in [0.1, 0.15) is 17.5 Å². The normalized spacial score (nSPS) is 12.5. The van der Waals surface area contributed by atoms with E-state index in [0.717, 1.165) is 42.0 Å². The molecular weight excluding hydrogens is 426 g/mol. The van der Waals surface area contributed by atoms with E-state index in [1.165, 1.54) is 5.56 Å². The topological polar surface area (TPSA) is 65.4 Å². The van der Waals surface area contributed by atoms with Gasteiger partial charge in [-0.05, 0) is 48.2 Å². The van der Waals surface area contributed by atoms with E-state index < -0.39 is 0 Å². The van der Waals surface area contributed by atoms with Gasteiger partial charge in [-0.15, -0.1) is 0 Å². The van der Waals surface area contributed by atoms with Crippen molar-refractivity contribution in [2.75, 3.05) is 18.5 Å². The minimum absolute atomic E-state index is 0.0766. The van der Waals surface area contributed by atoms with Crippen LogP contribution in [0.4, 0.5) is 5.69 Å². The van der Waals surface area contributed by atoms with Crippen LogP contribution in [-0.2, 0) is 24.2 Å². The molecule has 1 aliphatic rings. The number of benzene rings is 3. The number of hydrogen-bond acceptors (Lipinski definition) is 4. The minimum atomic E-state index is -0.0766. The smallest absolute Gasteiger partial charge is 0.228 e. The van der Waals surface area contributed by atoms with Crippen molar-refractivity contribution in [1.29, 1.82) is 0 Å². The predicted molar refractivity (Wildman–Crippen MR) is 132 cm³/mol. The number of nitrogens with one attached hydrogen (secondary N) is 1. The van der Waals surface area contributed by atoms with Gasteiger partial charge in [-0.3, -0.25) is 9.48 Å². The van der Waals surface area contributed by atoms with E-state index in [1.807, 2.05) is 83.7 Å². The highest BCUT2D eigenvalue weighted by molar-refractivity contribution is 5.93. The molecule has 3 aromatic carbocycles. The lowest BCUT2D eigenvalue weighted by Gasteiger charge is -2.18. The molecule has 6 heteroatoms. The first-order valence-electron chi connectivity index (χ1n) is 11.6. The minimum Gasteiger partial charge on any atom is -0.493 e. The molecule has 0 aliphatic carbocycles. The number of fused-ring (bicyclic) bond motifs is 1. The van der Waals surface area contributed by atoms with Gasteiger partial charge in [-0.2, -0.15) is 5.10 Å². The lowest BCUT2D eigenvalue weighted by molar-refractivity contribution is -0.115. The van der Waals surface area contributed by atoms with Gasteiger partial charge < -0.3 is 14.8 Å². The van der Waals surface area contributed by atoms with Crippen molar-refractivity contribution >= 4 is 11.6 Å². The fourth-order valence-electron chi connectivity index (χ4n) is 4.10. The van der Waals surface area contributed by atoms with Gasteiger partial charge in [-0.25, -0.2) is 0 Å². The molecular formula is C28H27N3O3. The standard InChI is InChI=1S/C28H27N3O3/c32-28(20-21-12-13-26-23(19-21)9-6-17-33-26)29-25-10-4-5-11-27(25)34-18-16-31-15-14-24(30-31)22-7-2-1-3-8-22/h1-5,7-8,10-15,19H,6,9,16-18,20H2,(H,29,32). The second kappa shape index (κ2) is 10.3. The fourth-order valence-corrected chi connectivity index (χ4v) is 4.10. The molecule has 0 radical (unpaired) electrons. The Kier molecular flexibility index (Phi) is 6.56. The Morgan fingerprint density at radius 2 is 1.88 bits per heavy atom. The van der Waals surface area contributed by atoms with Crippen molar-refractivity contribution in [2.24, 2.45) is 0 Å². The van der Waals surface area contributed by atoms with Crippen molar-refractivity contribution < 1.29 is 14.3 Å². The molecule has 2 heterocycles. The third-order valence-electron chi connectivity index (χ3n) is 5.79. The molecule has 4 aromatic rings. The van der Waals surface area contributed by atoms with Crippen molar-refractivity contribution in [3.05, 3.63) is 96.2 Å². The first-order chi connectivity index (χ1) is 16.7. The molecule has 34 heavy (non-hydrogen) atoms. The Morgan fingerprint density at radius 1 is 1.03 bits per heavy atom. The summed E-state index contributed by atoms with van der Waals surface area (Å²) in [5.41, 5.74) is 4.84. The maximum Gasteiger partial charge on any atom is 0.228 e. The molecule has 0 fully saturated rings. The van der Waals surface area contributed by atoms with Gasteiger partial charge in [0.25, 0.3) is 0 Å². The molecule has 1 aliphatic heterocycles. The van der Waals surface area contributed by atoms with Crippen molar-refractivity contribution in [3.8, 4) is 22.8 Å². The van der Waals surface area contributed by atoms with E-state index in [1.54, 1.807) is 0 Å². The van der Waals surface area contributed by atoms with Crippen LogP contribution >= 0.6 is 0 Å². The third-order valence-corrected chi connectivity index (χ3v) is 5.79.